The third-order valence-corrected chi connectivity index (χ3v) is 3.81. The molecule has 0 spiro atoms. The summed E-state index contributed by atoms with van der Waals surface area (Å²) in [6.07, 6.45) is 0.330. The monoisotopic (exact) mass is 260 g/mol. The van der Waals surface area contributed by atoms with Gasteiger partial charge in [-0.25, -0.2) is 4.39 Å². The molecule has 0 amide bonds. The van der Waals surface area contributed by atoms with Crippen LogP contribution in [0.2, 0.25) is 0 Å². The number of carbonyl (C=O) groups is 1. The molecule has 0 saturated carbocycles. The van der Waals surface area contributed by atoms with Gasteiger partial charge in [0.25, 0.3) is 0 Å². The van der Waals surface area contributed by atoms with E-state index in [-0.39, 0.29) is 17.8 Å². The zero-order valence-corrected chi connectivity index (χ0v) is 10.3. The maximum atomic E-state index is 13.6. The lowest BCUT2D eigenvalue weighted by Gasteiger charge is -2.16. The van der Waals surface area contributed by atoms with E-state index in [1.165, 1.54) is 25.2 Å². The summed E-state index contributed by atoms with van der Waals surface area (Å²) in [6.45, 7) is 1.90. The van der Waals surface area contributed by atoms with Gasteiger partial charge in [0, 0.05) is 13.6 Å². The Balaban J connectivity index is 3.08. The average molecular weight is 260 g/mol. The summed E-state index contributed by atoms with van der Waals surface area (Å²) >= 11 is 0. The molecule has 0 unspecified atom stereocenters. The summed E-state index contributed by atoms with van der Waals surface area (Å²) < 4.78 is 40.0. The van der Waals surface area contributed by atoms with Crippen molar-refractivity contribution in [1.29, 1.82) is 0 Å². The van der Waals surface area contributed by atoms with Gasteiger partial charge in [-0.15, -0.1) is 0 Å². The Morgan fingerprint density at radius 2 is 2.12 bits per heavy atom. The van der Waals surface area contributed by atoms with E-state index in [4.69, 9.17) is 0 Å². The van der Waals surface area contributed by atoms with Crippen LogP contribution in [0.15, 0.2) is 18.2 Å². The largest absolute Gasteiger partial charge is 0.301 e. The Morgan fingerprint density at radius 1 is 1.47 bits per heavy atom. The maximum absolute atomic E-state index is 13.6. The number of halogens is 1. The minimum atomic E-state index is -3.78. The van der Waals surface area contributed by atoms with Crippen LogP contribution in [0, 0.1) is 5.82 Å². The molecule has 0 fully saturated rings. The molecular weight excluding hydrogens is 247 g/mol. The summed E-state index contributed by atoms with van der Waals surface area (Å²) in [7, 11) is -2.42. The normalized spacial score (nSPS) is 11.5. The Bertz CT molecular complexity index is 516. The topological polar surface area (TPSA) is 66.5 Å². The first kappa shape index (κ1) is 13.6. The number of anilines is 1. The van der Waals surface area contributed by atoms with Crippen LogP contribution in [-0.4, -0.2) is 32.6 Å². The second kappa shape index (κ2) is 5.24. The first-order valence-electron chi connectivity index (χ1n) is 4.90. The SMILES string of the molecule is CCN(C)S(=O)(=O)Nc1cccc(C=O)c1F. The summed E-state index contributed by atoms with van der Waals surface area (Å²) in [4.78, 5) is 10.5. The highest BCUT2D eigenvalue weighted by Crippen LogP contribution is 2.18. The standard InChI is InChI=1S/C10H13FN2O3S/c1-3-13(2)17(15,16)12-9-6-4-5-8(7-14)10(9)11/h4-7,12H,3H2,1-2H3. The van der Waals surface area contributed by atoms with Gasteiger partial charge in [0.15, 0.2) is 12.1 Å². The quantitative estimate of drug-likeness (QED) is 0.810. The summed E-state index contributed by atoms with van der Waals surface area (Å²) in [5.74, 6) is -0.879. The molecule has 0 saturated heterocycles. The number of nitrogens with zero attached hydrogens (tertiary/aromatic N) is 1. The van der Waals surface area contributed by atoms with Crippen molar-refractivity contribution in [2.75, 3.05) is 18.3 Å². The molecule has 0 heterocycles. The van der Waals surface area contributed by atoms with Gasteiger partial charge in [-0.05, 0) is 12.1 Å². The van der Waals surface area contributed by atoms with Crippen molar-refractivity contribution in [1.82, 2.24) is 4.31 Å². The van der Waals surface area contributed by atoms with E-state index in [0.29, 0.717) is 6.29 Å². The third kappa shape index (κ3) is 3.01. The predicted octanol–water partition coefficient (Wildman–Crippen LogP) is 1.25. The third-order valence-electron chi connectivity index (χ3n) is 2.25. The molecule has 0 aliphatic rings. The summed E-state index contributed by atoms with van der Waals surface area (Å²) in [5, 5.41) is 0. The number of carbonyl (C=O) groups excluding carboxylic acids is 1. The molecule has 1 N–H and O–H groups in total. The zero-order chi connectivity index (χ0) is 13.1. The summed E-state index contributed by atoms with van der Waals surface area (Å²) in [5.41, 5.74) is -0.431. The van der Waals surface area contributed by atoms with Gasteiger partial charge in [0.05, 0.1) is 11.3 Å². The highest BCUT2D eigenvalue weighted by molar-refractivity contribution is 7.90. The second-order valence-electron chi connectivity index (χ2n) is 3.35. The number of aldehydes is 1. The van der Waals surface area contributed by atoms with Gasteiger partial charge < -0.3 is 0 Å². The van der Waals surface area contributed by atoms with Crippen molar-refractivity contribution in [2.45, 2.75) is 6.92 Å². The van der Waals surface area contributed by atoms with Gasteiger partial charge in [0.2, 0.25) is 0 Å². The lowest BCUT2D eigenvalue weighted by molar-refractivity contribution is 0.112. The average Bonchev–Trinajstić information content (AvgIpc) is 2.30. The van der Waals surface area contributed by atoms with Gasteiger partial charge in [-0.3, -0.25) is 9.52 Å². The molecule has 1 rings (SSSR count). The van der Waals surface area contributed by atoms with E-state index in [0.717, 1.165) is 4.31 Å². The van der Waals surface area contributed by atoms with Crippen LogP contribution < -0.4 is 4.72 Å². The van der Waals surface area contributed by atoms with Crippen LogP contribution in [0.1, 0.15) is 17.3 Å². The van der Waals surface area contributed by atoms with Crippen LogP contribution in [0.3, 0.4) is 0 Å². The molecule has 0 aromatic heterocycles. The van der Waals surface area contributed by atoms with Gasteiger partial charge in [0.1, 0.15) is 0 Å². The Kier molecular flexibility index (Phi) is 4.19. The van der Waals surface area contributed by atoms with Crippen LogP contribution in [0.25, 0.3) is 0 Å². The fourth-order valence-corrected chi connectivity index (χ4v) is 2.04. The van der Waals surface area contributed by atoms with Gasteiger partial charge in [-0.1, -0.05) is 13.0 Å². The molecule has 0 atom stereocenters. The van der Waals surface area contributed by atoms with Crippen molar-refractivity contribution in [2.24, 2.45) is 0 Å². The lowest BCUT2D eigenvalue weighted by atomic mass is 10.2. The van der Waals surface area contributed by atoms with E-state index in [1.54, 1.807) is 6.92 Å². The maximum Gasteiger partial charge on any atom is 0.301 e. The van der Waals surface area contributed by atoms with E-state index in [1.807, 2.05) is 0 Å². The molecule has 7 heteroatoms. The first-order chi connectivity index (χ1) is 7.92. The predicted molar refractivity (Wildman–Crippen MR) is 62.6 cm³/mol. The summed E-state index contributed by atoms with van der Waals surface area (Å²) in [6, 6.07) is 3.92. The molecule has 0 bridgehead atoms. The zero-order valence-electron chi connectivity index (χ0n) is 9.47. The molecule has 1 aromatic rings. The lowest BCUT2D eigenvalue weighted by Crippen LogP contribution is -2.32. The molecule has 0 aliphatic heterocycles. The number of benzene rings is 1. The van der Waals surface area contributed by atoms with Gasteiger partial charge >= 0.3 is 10.2 Å². The molecule has 0 aliphatic carbocycles. The van der Waals surface area contributed by atoms with Crippen LogP contribution >= 0.6 is 0 Å². The Morgan fingerprint density at radius 3 is 2.65 bits per heavy atom. The van der Waals surface area contributed by atoms with E-state index in [2.05, 4.69) is 4.72 Å². The van der Waals surface area contributed by atoms with Gasteiger partial charge in [-0.2, -0.15) is 12.7 Å². The van der Waals surface area contributed by atoms with Crippen molar-refractivity contribution in [3.8, 4) is 0 Å². The van der Waals surface area contributed by atoms with Crippen LogP contribution in [0.4, 0.5) is 10.1 Å². The fourth-order valence-electron chi connectivity index (χ4n) is 1.11. The number of hydrogen-bond donors (Lipinski definition) is 1. The highest BCUT2D eigenvalue weighted by Gasteiger charge is 2.18. The fraction of sp³-hybridized carbons (Fsp3) is 0.300. The van der Waals surface area contributed by atoms with E-state index >= 15 is 0 Å². The minimum absolute atomic E-state index is 0.190. The van der Waals surface area contributed by atoms with Crippen LogP contribution in [-0.2, 0) is 10.2 Å². The molecule has 5 nitrogen and oxygen atoms in total. The highest BCUT2D eigenvalue weighted by atomic mass is 32.2. The van der Waals surface area contributed by atoms with Crippen molar-refractivity contribution >= 4 is 22.2 Å². The van der Waals surface area contributed by atoms with Crippen LogP contribution in [0.5, 0.6) is 0 Å². The minimum Gasteiger partial charge on any atom is -0.298 e. The molecule has 1 aromatic carbocycles. The van der Waals surface area contributed by atoms with Crippen molar-refractivity contribution in [3.05, 3.63) is 29.6 Å². The van der Waals surface area contributed by atoms with Crippen molar-refractivity contribution in [3.63, 3.8) is 0 Å². The number of hydrogen-bond acceptors (Lipinski definition) is 3. The Labute approximate surface area is 99.4 Å². The number of rotatable bonds is 5. The second-order valence-corrected chi connectivity index (χ2v) is 5.13. The molecule has 94 valence electrons. The van der Waals surface area contributed by atoms with Crippen molar-refractivity contribution < 1.29 is 17.6 Å². The van der Waals surface area contributed by atoms with E-state index < -0.39 is 16.0 Å². The molecule has 0 radical (unpaired) electrons. The van der Waals surface area contributed by atoms with E-state index in [9.17, 15) is 17.6 Å². The molecule has 17 heavy (non-hydrogen) atoms. The Hall–Kier alpha value is -1.47. The first-order valence-corrected chi connectivity index (χ1v) is 6.34. The molecular formula is C10H13FN2O3S. The smallest absolute Gasteiger partial charge is 0.298 e. The number of nitrogens with one attached hydrogen (secondary N) is 1.